The summed E-state index contributed by atoms with van der Waals surface area (Å²) in [4.78, 5) is 12.2. The van der Waals surface area contributed by atoms with E-state index in [0.29, 0.717) is 0 Å². The molecule has 2 aromatic carbocycles. The molecule has 9 nitrogen and oxygen atoms in total. The molecular formula is C21H25Cl2CuN5O4S. The van der Waals surface area contributed by atoms with Crippen molar-refractivity contribution in [2.75, 3.05) is 18.6 Å². The van der Waals surface area contributed by atoms with Gasteiger partial charge >= 0.3 is 17.1 Å². The molecule has 0 aliphatic rings. The van der Waals surface area contributed by atoms with Crippen LogP contribution in [0.4, 0.5) is 0 Å². The first-order chi connectivity index (χ1) is 15.2. The summed E-state index contributed by atoms with van der Waals surface area (Å²) in [5, 5.41) is 0. The molecule has 189 valence electrons. The Hall–Kier alpha value is -1.37. The normalized spacial score (nSPS) is 11.2. The molecule has 2 heterocycles. The fourth-order valence-electron chi connectivity index (χ4n) is 3.51. The van der Waals surface area contributed by atoms with E-state index in [1.807, 2.05) is 23.9 Å². The summed E-state index contributed by atoms with van der Waals surface area (Å²) in [6.07, 6.45) is 2.16. The fraction of sp³-hybridized carbons (Fsp3) is 0.333. The largest absolute Gasteiger partial charge is 2.00 e. The van der Waals surface area contributed by atoms with Gasteiger partial charge in [-0.2, -0.15) is 11.8 Å². The number of thioether (sulfide) groups is 1. The summed E-state index contributed by atoms with van der Waals surface area (Å²) in [6.45, 7) is 2.64. The molecule has 1 radical (unpaired) electrons. The van der Waals surface area contributed by atoms with Gasteiger partial charge in [-0.3, -0.25) is 4.90 Å². The quantitative estimate of drug-likeness (QED) is 0.204. The molecule has 0 N–H and O–H groups in total. The molecule has 0 fully saturated rings. The van der Waals surface area contributed by atoms with Crippen LogP contribution in [-0.2, 0) is 44.3 Å². The second-order valence-corrected chi connectivity index (χ2v) is 8.97. The number of fused-ring (bicyclic) bond motifs is 2. The Balaban J connectivity index is 0.000000752. The first-order valence-corrected chi connectivity index (χ1v) is 12.4. The number of para-hydroxylation sites is 4. The number of nitrogens with zero attached hydrogens (tertiary/aromatic N) is 5. The van der Waals surface area contributed by atoms with E-state index in [-0.39, 0.29) is 29.5 Å². The van der Waals surface area contributed by atoms with Crippen molar-refractivity contribution in [1.29, 1.82) is 0 Å². The second-order valence-electron chi connectivity index (χ2n) is 7.23. The number of rotatable bonds is 7. The SMILES string of the molecule is CSCCN(Cc1nc2ccccc2n1C)Cc1nc2ccccc2n1C.[Cl-].[Cu+2].[O-][Cl+3]([O-])([O-])[O-]. The second kappa shape index (κ2) is 13.6. The summed E-state index contributed by atoms with van der Waals surface area (Å²) >= 11 is 1.87. The summed E-state index contributed by atoms with van der Waals surface area (Å²) < 4.78 is 38.4. The van der Waals surface area contributed by atoms with Crippen LogP contribution >= 0.6 is 11.8 Å². The van der Waals surface area contributed by atoms with Gasteiger partial charge in [0, 0.05) is 26.4 Å². The van der Waals surface area contributed by atoms with Crippen LogP contribution in [0.3, 0.4) is 0 Å². The number of aromatic nitrogens is 4. The molecule has 2 aromatic heterocycles. The number of hydrogen-bond acceptors (Lipinski definition) is 8. The maximum absolute atomic E-state index is 8.49. The average Bonchev–Trinajstić information content (AvgIpc) is 3.22. The van der Waals surface area contributed by atoms with Gasteiger partial charge in [0.25, 0.3) is 0 Å². The van der Waals surface area contributed by atoms with Gasteiger partial charge in [0.15, 0.2) is 0 Å². The molecule has 0 amide bonds. The van der Waals surface area contributed by atoms with Crippen molar-refractivity contribution in [3.63, 3.8) is 0 Å². The van der Waals surface area contributed by atoms with Crippen LogP contribution in [0, 0.1) is 10.2 Å². The zero-order chi connectivity index (χ0) is 23.3. The summed E-state index contributed by atoms with van der Waals surface area (Å²) in [7, 11) is -0.737. The van der Waals surface area contributed by atoms with E-state index in [9.17, 15) is 0 Å². The van der Waals surface area contributed by atoms with Crippen LogP contribution in [0.15, 0.2) is 48.5 Å². The van der Waals surface area contributed by atoms with Gasteiger partial charge in [0.1, 0.15) is 11.6 Å². The van der Waals surface area contributed by atoms with Crippen molar-refractivity contribution in [1.82, 2.24) is 24.0 Å². The van der Waals surface area contributed by atoms with Gasteiger partial charge in [0.2, 0.25) is 0 Å². The third-order valence-corrected chi connectivity index (χ3v) is 5.69. The van der Waals surface area contributed by atoms with E-state index in [1.165, 1.54) is 11.0 Å². The maximum Gasteiger partial charge on any atom is 2.00 e. The molecule has 13 heteroatoms. The zero-order valence-electron chi connectivity index (χ0n) is 18.8. The average molecular weight is 578 g/mol. The van der Waals surface area contributed by atoms with Crippen LogP contribution in [0.25, 0.3) is 22.1 Å². The molecule has 0 saturated heterocycles. The minimum absolute atomic E-state index is 0. The molecule has 0 atom stereocenters. The van der Waals surface area contributed by atoms with Gasteiger partial charge in [-0.15, -0.1) is 10.2 Å². The van der Waals surface area contributed by atoms with Crippen molar-refractivity contribution in [3.8, 4) is 0 Å². The van der Waals surface area contributed by atoms with E-state index in [2.05, 4.69) is 70.8 Å². The van der Waals surface area contributed by atoms with Crippen molar-refractivity contribution < 1.29 is 58.4 Å². The van der Waals surface area contributed by atoms with Crippen molar-refractivity contribution in [2.24, 2.45) is 14.1 Å². The van der Waals surface area contributed by atoms with Crippen LogP contribution in [0.5, 0.6) is 0 Å². The minimum atomic E-state index is -4.94. The topological polar surface area (TPSA) is 131 Å². The minimum Gasteiger partial charge on any atom is -1.00 e. The Morgan fingerprint density at radius 1 is 0.824 bits per heavy atom. The third-order valence-electron chi connectivity index (χ3n) is 5.10. The fourth-order valence-corrected chi connectivity index (χ4v) is 3.95. The van der Waals surface area contributed by atoms with Gasteiger partial charge in [-0.05, 0) is 30.5 Å². The van der Waals surface area contributed by atoms with E-state index in [0.717, 1.165) is 48.1 Å². The molecule has 0 saturated carbocycles. The monoisotopic (exact) mass is 576 g/mol. The Labute approximate surface area is 221 Å². The molecule has 4 rings (SSSR count). The first-order valence-electron chi connectivity index (χ1n) is 9.81. The number of halogens is 2. The van der Waals surface area contributed by atoms with Crippen LogP contribution in [-0.4, -0.2) is 42.6 Å². The van der Waals surface area contributed by atoms with Crippen LogP contribution in [0.1, 0.15) is 11.6 Å². The van der Waals surface area contributed by atoms with Gasteiger partial charge in [-0.1, -0.05) is 24.3 Å². The van der Waals surface area contributed by atoms with E-state index in [1.54, 1.807) is 0 Å². The zero-order valence-corrected chi connectivity index (χ0v) is 22.1. The number of imidazole rings is 2. The molecule has 4 aromatic rings. The van der Waals surface area contributed by atoms with Crippen LogP contribution < -0.4 is 31.0 Å². The van der Waals surface area contributed by atoms with Crippen molar-refractivity contribution in [2.45, 2.75) is 13.1 Å². The van der Waals surface area contributed by atoms with Crippen molar-refractivity contribution in [3.05, 3.63) is 60.2 Å². The molecule has 34 heavy (non-hydrogen) atoms. The van der Waals surface area contributed by atoms with Gasteiger partial charge in [-0.25, -0.2) is 28.6 Å². The predicted molar refractivity (Wildman–Crippen MR) is 114 cm³/mol. The van der Waals surface area contributed by atoms with E-state index in [4.69, 9.17) is 28.6 Å². The molecule has 0 aliphatic heterocycles. The number of hydrogen-bond donors (Lipinski definition) is 0. The molecule has 0 bridgehead atoms. The van der Waals surface area contributed by atoms with Gasteiger partial charge in [0.05, 0.1) is 35.2 Å². The van der Waals surface area contributed by atoms with Crippen LogP contribution in [0.2, 0.25) is 0 Å². The Morgan fingerprint density at radius 2 is 1.21 bits per heavy atom. The molecule has 0 aliphatic carbocycles. The molecule has 0 spiro atoms. The summed E-state index contributed by atoms with van der Waals surface area (Å²) in [5.74, 6) is 3.28. The number of aryl methyl sites for hydroxylation is 2. The Kier molecular flexibility index (Phi) is 12.3. The van der Waals surface area contributed by atoms with E-state index >= 15 is 0 Å². The standard InChI is InChI=1S/C21H25N5S.ClHO4.ClH.Cu/c1-24-18-10-6-4-8-16(18)22-20(24)14-26(12-13-27-3)15-21-23-17-9-5-7-11-19(17)25(21)2;2-1(3,4)5;;/h4-11H,12-15H2,1-3H3;(H,2,3,4,5);1H;/q;;;+2/p-2. The molecule has 0 unspecified atom stereocenters. The summed E-state index contributed by atoms with van der Waals surface area (Å²) in [5.41, 5.74) is 4.48. The smallest absolute Gasteiger partial charge is 1.00 e. The molecular weight excluding hydrogens is 553 g/mol. The van der Waals surface area contributed by atoms with Gasteiger partial charge < -0.3 is 21.5 Å². The predicted octanol–water partition coefficient (Wildman–Crippen LogP) is -3.93. The third kappa shape index (κ3) is 8.38. The Morgan fingerprint density at radius 3 is 1.56 bits per heavy atom. The first kappa shape index (κ1) is 30.7. The van der Waals surface area contributed by atoms with E-state index < -0.39 is 10.2 Å². The maximum atomic E-state index is 8.49. The van der Waals surface area contributed by atoms with Crippen molar-refractivity contribution >= 4 is 33.8 Å². The Bertz CT molecular complexity index is 1100. The number of benzene rings is 2. The summed E-state index contributed by atoms with van der Waals surface area (Å²) in [6, 6.07) is 16.6.